The first-order valence-corrected chi connectivity index (χ1v) is 22.7. The van der Waals surface area contributed by atoms with Gasteiger partial charge in [-0.3, -0.25) is 19.8 Å². The van der Waals surface area contributed by atoms with Crippen LogP contribution in [0.5, 0.6) is 0 Å². The van der Waals surface area contributed by atoms with Crippen molar-refractivity contribution >= 4 is 70.4 Å². The smallest absolute Gasteiger partial charge is 0.413 e. The zero-order valence-corrected chi connectivity index (χ0v) is 37.4. The van der Waals surface area contributed by atoms with Gasteiger partial charge in [0.1, 0.15) is 28.4 Å². The Kier molecular flexibility index (Phi) is 13.0. The summed E-state index contributed by atoms with van der Waals surface area (Å²) in [5.74, 6) is -1.78. The number of esters is 1. The summed E-state index contributed by atoms with van der Waals surface area (Å²) in [6.45, 7) is 5.22. The van der Waals surface area contributed by atoms with Crippen molar-refractivity contribution in [3.05, 3.63) is 201 Å². The molecule has 2 N–H and O–H groups in total. The summed E-state index contributed by atoms with van der Waals surface area (Å²) >= 11 is 7.03. The number of carbonyl (C=O) groups excluding carboxylic acids is 4. The number of β-lactam (4-membered cyclic amide) rings is 1. The maximum absolute atomic E-state index is 14.7. The summed E-state index contributed by atoms with van der Waals surface area (Å²) in [7, 11) is 0. The lowest BCUT2D eigenvalue weighted by Crippen LogP contribution is -2.71. The number of nitrogens with one attached hydrogen (secondary N) is 2. The number of hydrogen-bond donors (Lipinski definition) is 3. The minimum absolute atomic E-state index is 0.00685. The number of aromatic nitrogens is 1. The number of carbonyl (C=O) groups is 4. The number of anilines is 1. The van der Waals surface area contributed by atoms with Crippen molar-refractivity contribution in [3.8, 4) is 0 Å². The zero-order chi connectivity index (χ0) is 44.8. The Balaban J connectivity index is 1.12. The summed E-state index contributed by atoms with van der Waals surface area (Å²) in [4.78, 5) is 68.7. The lowest BCUT2D eigenvalue weighted by atomic mass is 9.80. The molecule has 324 valence electrons. The second-order valence-corrected chi connectivity index (χ2v) is 18.2. The molecule has 8 rings (SSSR count). The van der Waals surface area contributed by atoms with Crippen molar-refractivity contribution in [3.63, 3.8) is 0 Å². The van der Waals surface area contributed by atoms with Crippen LogP contribution < -0.4 is 10.6 Å². The normalized spacial score (nSPS) is 16.4. The fourth-order valence-corrected chi connectivity index (χ4v) is 9.68. The second-order valence-electron chi connectivity index (χ2n) is 15.7. The Morgan fingerprint density at radius 1 is 0.781 bits per heavy atom. The van der Waals surface area contributed by atoms with Gasteiger partial charge in [-0.2, -0.15) is 0 Å². The summed E-state index contributed by atoms with van der Waals surface area (Å²) in [6.07, 6.45) is -1.49. The van der Waals surface area contributed by atoms with Crippen LogP contribution in [0.1, 0.15) is 60.4 Å². The molecule has 0 radical (unpaired) electrons. The molecule has 0 unspecified atom stereocenters. The van der Waals surface area contributed by atoms with E-state index < -0.39 is 52.6 Å². The SMILES string of the molecule is CC(C)(C)OC(=O)Nc1nc(/C(=N/OC(c2ccccc2)(c2ccccc2)c2ccccc2)C(=O)N[C@@H]2C(=O)N3C(C(=O)OC(c4ccccc4)c4ccccc4)=C(S)CS[C@H]23)cs1. The molecule has 0 aliphatic carbocycles. The fraction of sp³-hybridized carbons (Fsp3) is 0.184. The molecule has 1 saturated heterocycles. The first kappa shape index (κ1) is 43.9. The molecule has 15 heteroatoms. The number of fused-ring (bicyclic) bond motifs is 1. The quantitative estimate of drug-likeness (QED) is 0.0258. The number of oxime groups is 1. The minimum Gasteiger partial charge on any atom is -0.448 e. The van der Waals surface area contributed by atoms with E-state index in [2.05, 4.69) is 33.4 Å². The molecule has 0 saturated carbocycles. The molecule has 5 aromatic carbocycles. The van der Waals surface area contributed by atoms with Crippen LogP contribution in [0.4, 0.5) is 9.93 Å². The minimum atomic E-state index is -1.37. The summed E-state index contributed by atoms with van der Waals surface area (Å²) in [5.41, 5.74) is 1.33. The molecule has 6 aromatic rings. The van der Waals surface area contributed by atoms with Gasteiger partial charge in [0.2, 0.25) is 5.60 Å². The van der Waals surface area contributed by atoms with Crippen LogP contribution in [0.25, 0.3) is 0 Å². The number of thiol groups is 1. The van der Waals surface area contributed by atoms with Crippen LogP contribution in [-0.2, 0) is 34.3 Å². The Morgan fingerprint density at radius 2 is 1.28 bits per heavy atom. The van der Waals surface area contributed by atoms with Crippen LogP contribution in [0, 0.1) is 0 Å². The van der Waals surface area contributed by atoms with Crippen molar-refractivity contribution < 1.29 is 33.5 Å². The highest BCUT2D eigenvalue weighted by molar-refractivity contribution is 8.01. The average Bonchev–Trinajstić information content (AvgIpc) is 3.77. The van der Waals surface area contributed by atoms with Crippen LogP contribution >= 0.6 is 35.7 Å². The van der Waals surface area contributed by atoms with E-state index in [1.807, 2.05) is 152 Å². The Labute approximate surface area is 384 Å². The molecule has 1 fully saturated rings. The van der Waals surface area contributed by atoms with Crippen molar-refractivity contribution in [1.29, 1.82) is 0 Å². The third-order valence-electron chi connectivity index (χ3n) is 10.2. The van der Waals surface area contributed by atoms with Crippen molar-refractivity contribution in [2.75, 3.05) is 11.1 Å². The van der Waals surface area contributed by atoms with Gasteiger partial charge in [0.15, 0.2) is 16.9 Å². The van der Waals surface area contributed by atoms with Gasteiger partial charge >= 0.3 is 12.1 Å². The van der Waals surface area contributed by atoms with E-state index in [0.29, 0.717) is 4.91 Å². The van der Waals surface area contributed by atoms with Gasteiger partial charge in [-0.15, -0.1) is 35.7 Å². The summed E-state index contributed by atoms with van der Waals surface area (Å²) in [6, 6.07) is 46.1. The number of thioether (sulfide) groups is 1. The largest absolute Gasteiger partial charge is 0.448 e. The van der Waals surface area contributed by atoms with Gasteiger partial charge in [-0.25, -0.2) is 14.6 Å². The molecule has 2 aliphatic rings. The van der Waals surface area contributed by atoms with Gasteiger partial charge in [-0.05, 0) is 31.9 Å². The molecule has 2 atom stereocenters. The molecule has 3 amide bonds. The Morgan fingerprint density at radius 3 is 1.78 bits per heavy atom. The first-order chi connectivity index (χ1) is 30.9. The van der Waals surface area contributed by atoms with Gasteiger partial charge < -0.3 is 19.6 Å². The topological polar surface area (TPSA) is 149 Å². The van der Waals surface area contributed by atoms with E-state index >= 15 is 0 Å². The molecule has 64 heavy (non-hydrogen) atoms. The van der Waals surface area contributed by atoms with Crippen LogP contribution in [0.15, 0.2) is 173 Å². The second kappa shape index (κ2) is 19.0. The number of ether oxygens (including phenoxy) is 2. The Bertz CT molecular complexity index is 2560. The van der Waals surface area contributed by atoms with Crippen LogP contribution in [0.2, 0.25) is 0 Å². The lowest BCUT2D eigenvalue weighted by Gasteiger charge is -2.49. The molecule has 0 spiro atoms. The molecule has 12 nitrogen and oxygen atoms in total. The summed E-state index contributed by atoms with van der Waals surface area (Å²) in [5, 5.41) is 11.1. The summed E-state index contributed by atoms with van der Waals surface area (Å²) < 4.78 is 11.6. The van der Waals surface area contributed by atoms with E-state index in [4.69, 9.17) is 14.3 Å². The predicted octanol–water partition coefficient (Wildman–Crippen LogP) is 9.08. The maximum Gasteiger partial charge on any atom is 0.413 e. The zero-order valence-electron chi connectivity index (χ0n) is 34.9. The van der Waals surface area contributed by atoms with E-state index in [1.165, 1.54) is 16.7 Å². The first-order valence-electron chi connectivity index (χ1n) is 20.3. The van der Waals surface area contributed by atoms with Gasteiger partial charge in [-0.1, -0.05) is 157 Å². The van der Waals surface area contributed by atoms with E-state index in [1.54, 1.807) is 26.2 Å². The molecule has 3 heterocycles. The number of amides is 3. The number of benzene rings is 5. The van der Waals surface area contributed by atoms with Gasteiger partial charge in [0.25, 0.3) is 11.8 Å². The molecule has 2 aliphatic heterocycles. The van der Waals surface area contributed by atoms with Crippen molar-refractivity contribution in [1.82, 2.24) is 15.2 Å². The fourth-order valence-electron chi connectivity index (χ4n) is 7.38. The number of rotatable bonds is 13. The lowest BCUT2D eigenvalue weighted by molar-refractivity contribution is -0.154. The third kappa shape index (κ3) is 9.32. The van der Waals surface area contributed by atoms with Crippen molar-refractivity contribution in [2.24, 2.45) is 5.16 Å². The van der Waals surface area contributed by atoms with Crippen LogP contribution in [0.3, 0.4) is 0 Å². The van der Waals surface area contributed by atoms with Crippen LogP contribution in [-0.4, -0.2) is 62.2 Å². The number of nitrogens with zero attached hydrogens (tertiary/aromatic N) is 3. The number of thiazole rings is 1. The maximum atomic E-state index is 14.7. The highest BCUT2D eigenvalue weighted by Gasteiger charge is 2.55. The van der Waals surface area contributed by atoms with E-state index in [9.17, 15) is 19.2 Å². The standard InChI is InChI=1S/C49H43N5O7S3/c1-48(2,3)60-47(58)52-46-50-36(29-64-46)38(53-61-49(33-23-13-6-14-24-33,34-25-15-7-16-26-34)35-27-17-8-18-28-35)42(55)51-39-43(56)54-40(37(62)30-63-44(39)54)45(57)59-41(31-19-9-4-10-20-31)32-21-11-5-12-22-32/h4-29,39,41,44,62H,30H2,1-3H3,(H,51,55)(H,50,52,58)/b53-38-/t39-,44-/m1/s1. The Hall–Kier alpha value is -6.68. The number of hydrogen-bond acceptors (Lipinski definition) is 12. The molecule has 0 bridgehead atoms. The van der Waals surface area contributed by atoms with Crippen molar-refractivity contribution in [2.45, 2.75) is 49.5 Å². The molecular formula is C49H43N5O7S3. The molecular weight excluding hydrogens is 867 g/mol. The van der Waals surface area contributed by atoms with Gasteiger partial charge in [0, 0.05) is 32.7 Å². The third-order valence-corrected chi connectivity index (χ3v) is 12.9. The molecule has 1 aromatic heterocycles. The van der Waals surface area contributed by atoms with E-state index in [-0.39, 0.29) is 28.0 Å². The highest BCUT2D eigenvalue weighted by atomic mass is 32.2. The predicted molar refractivity (Wildman–Crippen MR) is 251 cm³/mol. The van der Waals surface area contributed by atoms with E-state index in [0.717, 1.165) is 39.2 Å². The highest BCUT2D eigenvalue weighted by Crippen LogP contribution is 2.43. The average molecular weight is 910 g/mol. The monoisotopic (exact) mass is 909 g/mol. The van der Waals surface area contributed by atoms with Gasteiger partial charge in [0.05, 0.1) is 0 Å².